The van der Waals surface area contributed by atoms with Gasteiger partial charge in [-0.15, -0.1) is 0 Å². The summed E-state index contributed by atoms with van der Waals surface area (Å²) in [7, 11) is 0. The minimum atomic E-state index is -1.10. The van der Waals surface area contributed by atoms with Gasteiger partial charge in [-0.05, 0) is 29.9 Å². The van der Waals surface area contributed by atoms with Crippen molar-refractivity contribution in [3.05, 3.63) is 36.0 Å². The van der Waals surface area contributed by atoms with Crippen molar-refractivity contribution in [1.82, 2.24) is 15.6 Å². The van der Waals surface area contributed by atoms with Crippen LogP contribution in [0.15, 0.2) is 30.5 Å². The Morgan fingerprint density at radius 2 is 1.77 bits per heavy atom. The van der Waals surface area contributed by atoms with Gasteiger partial charge in [0, 0.05) is 23.5 Å². The molecule has 170 valence electrons. The molecule has 0 saturated carbocycles. The van der Waals surface area contributed by atoms with Crippen LogP contribution in [-0.4, -0.2) is 46.0 Å². The van der Waals surface area contributed by atoms with Gasteiger partial charge in [0.05, 0.1) is 6.04 Å². The molecule has 1 aromatic heterocycles. The van der Waals surface area contributed by atoms with Crippen LogP contribution in [0.25, 0.3) is 10.9 Å². The van der Waals surface area contributed by atoms with Crippen LogP contribution in [-0.2, 0) is 20.8 Å². The van der Waals surface area contributed by atoms with Crippen LogP contribution < -0.4 is 16.4 Å². The van der Waals surface area contributed by atoms with Crippen LogP contribution >= 0.6 is 0 Å². The third kappa shape index (κ3) is 6.55. The van der Waals surface area contributed by atoms with Crippen molar-refractivity contribution in [1.29, 1.82) is 0 Å². The van der Waals surface area contributed by atoms with Crippen LogP contribution in [0.1, 0.15) is 46.1 Å². The van der Waals surface area contributed by atoms with Crippen molar-refractivity contribution in [2.45, 2.75) is 65.1 Å². The standard InChI is InChI=1S/C23H34N4O4/c1-5-14(4)20(23(30)31)27-22(29)19(26-21(28)17(24)10-13(2)3)11-15-12-25-18-9-7-6-8-16(15)18/h6-9,12-14,17,19-20,25H,5,10-11,24H2,1-4H3,(H,26,28)(H,27,29)(H,30,31). The van der Waals surface area contributed by atoms with Crippen LogP contribution in [0.2, 0.25) is 0 Å². The Morgan fingerprint density at radius 1 is 1.10 bits per heavy atom. The molecule has 8 heteroatoms. The number of nitrogens with one attached hydrogen (secondary N) is 3. The van der Waals surface area contributed by atoms with Crippen LogP contribution in [0, 0.1) is 11.8 Å². The molecule has 0 spiro atoms. The normalized spacial score (nSPS) is 15.3. The molecule has 4 unspecified atom stereocenters. The van der Waals surface area contributed by atoms with E-state index in [4.69, 9.17) is 5.73 Å². The molecule has 1 aromatic carbocycles. The molecular formula is C23H34N4O4. The van der Waals surface area contributed by atoms with Gasteiger partial charge >= 0.3 is 5.97 Å². The summed E-state index contributed by atoms with van der Waals surface area (Å²) in [5, 5.41) is 15.8. The molecule has 31 heavy (non-hydrogen) atoms. The van der Waals surface area contributed by atoms with Crippen molar-refractivity contribution in [2.24, 2.45) is 17.6 Å². The number of carboxylic acid groups (broad SMARTS) is 1. The number of hydrogen-bond donors (Lipinski definition) is 5. The molecule has 0 saturated heterocycles. The topological polar surface area (TPSA) is 137 Å². The zero-order valence-corrected chi connectivity index (χ0v) is 18.6. The van der Waals surface area contributed by atoms with Gasteiger partial charge in [-0.25, -0.2) is 4.79 Å². The second kappa shape index (κ2) is 10.9. The van der Waals surface area contributed by atoms with Gasteiger partial charge in [0.15, 0.2) is 0 Å². The zero-order chi connectivity index (χ0) is 23.1. The highest BCUT2D eigenvalue weighted by Crippen LogP contribution is 2.19. The number of amides is 2. The van der Waals surface area contributed by atoms with E-state index >= 15 is 0 Å². The summed E-state index contributed by atoms with van der Waals surface area (Å²) in [5.74, 6) is -2.10. The average molecular weight is 431 g/mol. The number of H-pyrrole nitrogens is 1. The van der Waals surface area contributed by atoms with Gasteiger partial charge in [0.25, 0.3) is 0 Å². The Balaban J connectivity index is 2.27. The quantitative estimate of drug-likeness (QED) is 0.372. The van der Waals surface area contributed by atoms with E-state index < -0.39 is 35.9 Å². The van der Waals surface area contributed by atoms with Crippen molar-refractivity contribution >= 4 is 28.7 Å². The number of carboxylic acids is 1. The summed E-state index contributed by atoms with van der Waals surface area (Å²) < 4.78 is 0. The van der Waals surface area contributed by atoms with Crippen molar-refractivity contribution in [3.8, 4) is 0 Å². The molecule has 2 aromatic rings. The molecule has 2 amide bonds. The predicted octanol–water partition coefficient (Wildman–Crippen LogP) is 2.18. The lowest BCUT2D eigenvalue weighted by atomic mass is 9.97. The lowest BCUT2D eigenvalue weighted by Crippen LogP contribution is -2.56. The highest BCUT2D eigenvalue weighted by atomic mass is 16.4. The maximum absolute atomic E-state index is 13.1. The Hall–Kier alpha value is -2.87. The summed E-state index contributed by atoms with van der Waals surface area (Å²) in [6.45, 7) is 7.56. The van der Waals surface area contributed by atoms with E-state index in [0.717, 1.165) is 16.5 Å². The Kier molecular flexibility index (Phi) is 8.62. The van der Waals surface area contributed by atoms with E-state index in [9.17, 15) is 19.5 Å². The van der Waals surface area contributed by atoms with Gasteiger partial charge in [0.2, 0.25) is 11.8 Å². The molecule has 0 aliphatic heterocycles. The highest BCUT2D eigenvalue weighted by Gasteiger charge is 2.31. The molecule has 0 fully saturated rings. The smallest absolute Gasteiger partial charge is 0.326 e. The minimum Gasteiger partial charge on any atom is -0.480 e. The number of benzene rings is 1. The van der Waals surface area contributed by atoms with E-state index in [1.165, 1.54) is 0 Å². The molecule has 0 bridgehead atoms. The van der Waals surface area contributed by atoms with Crippen LogP contribution in [0.3, 0.4) is 0 Å². The molecular weight excluding hydrogens is 396 g/mol. The third-order valence-corrected chi connectivity index (χ3v) is 5.57. The fourth-order valence-corrected chi connectivity index (χ4v) is 3.56. The second-order valence-corrected chi connectivity index (χ2v) is 8.57. The molecule has 0 aliphatic carbocycles. The number of hydrogen-bond acceptors (Lipinski definition) is 4. The van der Waals surface area contributed by atoms with E-state index in [2.05, 4.69) is 15.6 Å². The lowest BCUT2D eigenvalue weighted by Gasteiger charge is -2.25. The van der Waals surface area contributed by atoms with E-state index in [0.29, 0.717) is 12.8 Å². The first-order valence-electron chi connectivity index (χ1n) is 10.8. The first kappa shape index (κ1) is 24.4. The highest BCUT2D eigenvalue weighted by molar-refractivity contribution is 5.93. The fourth-order valence-electron chi connectivity index (χ4n) is 3.56. The predicted molar refractivity (Wildman–Crippen MR) is 120 cm³/mol. The monoisotopic (exact) mass is 430 g/mol. The number of aliphatic carboxylic acids is 1. The summed E-state index contributed by atoms with van der Waals surface area (Å²) in [6.07, 6.45) is 3.09. The number of aromatic nitrogens is 1. The molecule has 8 nitrogen and oxygen atoms in total. The van der Waals surface area contributed by atoms with E-state index in [1.54, 1.807) is 13.1 Å². The van der Waals surface area contributed by atoms with E-state index in [1.807, 2.05) is 45.0 Å². The van der Waals surface area contributed by atoms with E-state index in [-0.39, 0.29) is 18.3 Å². The molecule has 2 rings (SSSR count). The summed E-state index contributed by atoms with van der Waals surface area (Å²) in [5.41, 5.74) is 7.78. The Morgan fingerprint density at radius 3 is 2.39 bits per heavy atom. The number of para-hydroxylation sites is 1. The molecule has 1 heterocycles. The first-order valence-corrected chi connectivity index (χ1v) is 10.8. The van der Waals surface area contributed by atoms with Crippen molar-refractivity contribution in [3.63, 3.8) is 0 Å². The van der Waals surface area contributed by atoms with Crippen LogP contribution in [0.5, 0.6) is 0 Å². The van der Waals surface area contributed by atoms with Crippen molar-refractivity contribution in [2.75, 3.05) is 0 Å². The fraction of sp³-hybridized carbons (Fsp3) is 0.522. The molecule has 0 radical (unpaired) electrons. The Bertz CT molecular complexity index is 908. The number of fused-ring (bicyclic) bond motifs is 1. The third-order valence-electron chi connectivity index (χ3n) is 5.57. The van der Waals surface area contributed by atoms with Crippen LogP contribution in [0.4, 0.5) is 0 Å². The second-order valence-electron chi connectivity index (χ2n) is 8.57. The average Bonchev–Trinajstić information content (AvgIpc) is 3.12. The van der Waals surface area contributed by atoms with Gasteiger partial charge < -0.3 is 26.5 Å². The largest absolute Gasteiger partial charge is 0.480 e. The zero-order valence-electron chi connectivity index (χ0n) is 18.6. The van der Waals surface area contributed by atoms with Gasteiger partial charge in [0.1, 0.15) is 12.1 Å². The number of rotatable bonds is 11. The molecule has 6 N–H and O–H groups in total. The number of carbonyl (C=O) groups is 3. The van der Waals surface area contributed by atoms with Gasteiger partial charge in [-0.3, -0.25) is 9.59 Å². The number of carbonyl (C=O) groups excluding carboxylic acids is 2. The maximum atomic E-state index is 13.1. The summed E-state index contributed by atoms with van der Waals surface area (Å²) >= 11 is 0. The molecule has 4 atom stereocenters. The lowest BCUT2D eigenvalue weighted by molar-refractivity contribution is -0.143. The number of nitrogens with two attached hydrogens (primary N) is 1. The Labute approximate surface area is 183 Å². The van der Waals surface area contributed by atoms with Gasteiger partial charge in [-0.1, -0.05) is 52.3 Å². The summed E-state index contributed by atoms with van der Waals surface area (Å²) in [6, 6.07) is 4.93. The minimum absolute atomic E-state index is 0.211. The van der Waals surface area contributed by atoms with Crippen molar-refractivity contribution < 1.29 is 19.5 Å². The number of aromatic amines is 1. The van der Waals surface area contributed by atoms with Gasteiger partial charge in [-0.2, -0.15) is 0 Å². The summed E-state index contributed by atoms with van der Waals surface area (Å²) in [4.78, 5) is 40.6. The first-order chi connectivity index (χ1) is 14.6. The molecule has 0 aliphatic rings. The SMILES string of the molecule is CCC(C)C(NC(=O)C(Cc1c[nH]c2ccccc12)NC(=O)C(N)CC(C)C)C(=O)O. The maximum Gasteiger partial charge on any atom is 0.326 e.